The van der Waals surface area contributed by atoms with Crippen molar-refractivity contribution in [1.29, 1.82) is 0 Å². The quantitative estimate of drug-likeness (QED) is 0.0364. The summed E-state index contributed by atoms with van der Waals surface area (Å²) in [5.41, 5.74) is 0.892. The first kappa shape index (κ1) is 54.3. The summed E-state index contributed by atoms with van der Waals surface area (Å²) >= 11 is 28.0. The number of halogens is 5. The van der Waals surface area contributed by atoms with Crippen molar-refractivity contribution in [1.82, 2.24) is 37.8 Å². The molecule has 0 aliphatic carbocycles. The highest BCUT2D eigenvalue weighted by molar-refractivity contribution is 9.09. The number of fused-ring (bicyclic) bond motifs is 2. The third-order valence-electron chi connectivity index (χ3n) is 10.1. The maximum Gasteiger partial charge on any atom is 0.334 e. The minimum absolute atomic E-state index is 0.00484. The summed E-state index contributed by atoms with van der Waals surface area (Å²) < 4.78 is 18.7. The Morgan fingerprint density at radius 2 is 1.06 bits per heavy atom. The van der Waals surface area contributed by atoms with Gasteiger partial charge in [0, 0.05) is 51.3 Å². The number of aromatic amines is 1. The number of nitrogens with one attached hydrogen (secondary N) is 1. The maximum atomic E-state index is 13.3. The van der Waals surface area contributed by atoms with Crippen LogP contribution >= 0.6 is 62.3 Å². The molecular weight excluding hydrogens is 1010 g/mol. The summed E-state index contributed by atoms with van der Waals surface area (Å²) in [6.45, 7) is 19.9. The number of nitrogens with zero attached hydrogens (tertiary/aromatic N) is 7. The average Bonchev–Trinajstić information content (AvgIpc) is 3.73. The van der Waals surface area contributed by atoms with Gasteiger partial charge in [0.15, 0.2) is 22.3 Å². The van der Waals surface area contributed by atoms with E-state index in [-0.39, 0.29) is 46.4 Å². The molecule has 0 saturated carbocycles. The van der Waals surface area contributed by atoms with E-state index in [1.54, 1.807) is 33.4 Å². The summed E-state index contributed by atoms with van der Waals surface area (Å²) in [7, 11) is -2.51. The molecule has 4 heterocycles. The third-order valence-corrected chi connectivity index (χ3v) is 15.1. The first-order valence-electron chi connectivity index (χ1n) is 21.7. The van der Waals surface area contributed by atoms with Crippen molar-refractivity contribution >= 4 is 101 Å². The SMILES string of the molecule is CCCCBr.CCCCn1c(=O)c2c(nc(Cl)n2Cc2ccc(Cl)cc2)n(COCC[Si](C)(C)C)c1=O.C[Si](C)(C)CCOCn1c(=O)[nH]c(=O)c2c1nc(Cl)n2Cc1ccc(Cl)cc1. The van der Waals surface area contributed by atoms with Gasteiger partial charge in [-0.15, -0.1) is 0 Å². The molecule has 0 amide bonds. The van der Waals surface area contributed by atoms with Crippen LogP contribution in [-0.4, -0.2) is 72.5 Å². The molecule has 0 aliphatic rings. The number of hydrogen-bond acceptors (Lipinski definition) is 8. The lowest BCUT2D eigenvalue weighted by atomic mass is 10.2. The molecule has 6 rings (SSSR count). The van der Waals surface area contributed by atoms with Gasteiger partial charge in [0.1, 0.15) is 13.5 Å². The molecule has 21 heteroatoms. The molecule has 0 fully saturated rings. The topological polar surface area (TPSA) is 153 Å². The van der Waals surface area contributed by atoms with E-state index in [1.165, 1.54) is 26.5 Å². The van der Waals surface area contributed by atoms with Crippen LogP contribution in [0.15, 0.2) is 67.7 Å². The molecule has 356 valence electrons. The molecule has 0 bridgehead atoms. The Balaban J connectivity index is 0.000000259. The van der Waals surface area contributed by atoms with Crippen molar-refractivity contribution in [2.45, 2.75) is 124 Å². The van der Waals surface area contributed by atoms with Gasteiger partial charge in [-0.2, -0.15) is 9.97 Å². The predicted molar refractivity (Wildman–Crippen MR) is 276 cm³/mol. The molecule has 4 aromatic heterocycles. The molecule has 1 N–H and O–H groups in total. The minimum Gasteiger partial charge on any atom is -0.361 e. The van der Waals surface area contributed by atoms with Crippen LogP contribution in [0.2, 0.25) is 72.0 Å². The number of hydrogen-bond donors (Lipinski definition) is 1. The Morgan fingerprint density at radius 3 is 1.49 bits per heavy atom. The van der Waals surface area contributed by atoms with Crippen LogP contribution in [0.25, 0.3) is 22.3 Å². The minimum atomic E-state index is -1.27. The van der Waals surface area contributed by atoms with E-state index in [2.05, 4.69) is 77.1 Å². The molecule has 14 nitrogen and oxygen atoms in total. The molecular formula is C44H61BrCl4N8O6Si2. The van der Waals surface area contributed by atoms with Gasteiger partial charge in [0.25, 0.3) is 11.1 Å². The molecule has 0 unspecified atom stereocenters. The lowest BCUT2D eigenvalue weighted by Crippen LogP contribution is -2.41. The first-order valence-corrected chi connectivity index (χ1v) is 31.7. The van der Waals surface area contributed by atoms with Crippen LogP contribution in [-0.2, 0) is 42.6 Å². The number of aromatic nitrogens is 8. The Kier molecular flexibility index (Phi) is 21.1. The van der Waals surface area contributed by atoms with Crippen LogP contribution in [0.5, 0.6) is 0 Å². The van der Waals surface area contributed by atoms with Crippen molar-refractivity contribution < 1.29 is 9.47 Å². The molecule has 0 saturated heterocycles. The van der Waals surface area contributed by atoms with Crippen LogP contribution in [0.4, 0.5) is 0 Å². The van der Waals surface area contributed by atoms with Gasteiger partial charge < -0.3 is 18.6 Å². The van der Waals surface area contributed by atoms with Crippen molar-refractivity contribution in [3.8, 4) is 0 Å². The fraction of sp³-hybridized carbons (Fsp3) is 0.500. The Labute approximate surface area is 410 Å². The van der Waals surface area contributed by atoms with Crippen LogP contribution in [0, 0.1) is 0 Å². The van der Waals surface area contributed by atoms with Gasteiger partial charge >= 0.3 is 11.4 Å². The predicted octanol–water partition coefficient (Wildman–Crippen LogP) is 10.6. The van der Waals surface area contributed by atoms with Gasteiger partial charge in [-0.05, 0) is 83.5 Å². The standard InChI is InChI=1S/C22H30Cl2N4O3Si.C18H22Cl2N4O3Si.C4H9Br/c1-5-6-11-26-20(29)18-19(28(22(26)30)15-31-12-13-32(2,3)4)25-21(24)27(18)14-16-7-9-17(23)10-8-16;1-28(2,3)9-8-27-11-24-15-14(16(25)22-18(24)26)23(17(20)21-15)10-12-4-6-13(19)7-5-12;1-2-3-4-5/h7-10H,5-6,11-15H2,1-4H3;4-7H,8-11H2,1-3H3,(H,22,25,26);2-4H2,1H3. The highest BCUT2D eigenvalue weighted by atomic mass is 79.9. The molecule has 0 aliphatic heterocycles. The summed E-state index contributed by atoms with van der Waals surface area (Å²) in [5.74, 6) is 0. The number of ether oxygens (including phenoxy) is 2. The van der Waals surface area contributed by atoms with Gasteiger partial charge in [0.2, 0.25) is 10.6 Å². The maximum absolute atomic E-state index is 13.3. The lowest BCUT2D eigenvalue weighted by molar-refractivity contribution is 0.0854. The van der Waals surface area contributed by atoms with E-state index in [0.717, 1.165) is 41.4 Å². The second kappa shape index (κ2) is 25.2. The highest BCUT2D eigenvalue weighted by Crippen LogP contribution is 2.21. The molecule has 6 aromatic rings. The first-order chi connectivity index (χ1) is 30.7. The Hall–Kier alpha value is -3.27. The largest absolute Gasteiger partial charge is 0.361 e. The van der Waals surface area contributed by atoms with E-state index >= 15 is 0 Å². The highest BCUT2D eigenvalue weighted by Gasteiger charge is 2.22. The molecule has 0 radical (unpaired) electrons. The summed E-state index contributed by atoms with van der Waals surface area (Å²) in [6, 6.07) is 16.5. The molecule has 0 atom stereocenters. The molecule has 65 heavy (non-hydrogen) atoms. The lowest BCUT2D eigenvalue weighted by Gasteiger charge is -2.16. The zero-order valence-corrected chi connectivity index (χ0v) is 45.1. The average molecular weight is 1080 g/mol. The summed E-state index contributed by atoms with van der Waals surface area (Å²) in [4.78, 5) is 62.2. The zero-order chi connectivity index (χ0) is 48.1. The van der Waals surface area contributed by atoms with Crippen LogP contribution in [0.1, 0.15) is 50.7 Å². The number of benzene rings is 2. The fourth-order valence-corrected chi connectivity index (χ4v) is 8.97. The summed E-state index contributed by atoms with van der Waals surface area (Å²) in [6.07, 6.45) is 4.18. The van der Waals surface area contributed by atoms with Gasteiger partial charge in [0.05, 0.1) is 13.1 Å². The molecule has 0 spiro atoms. The van der Waals surface area contributed by atoms with Gasteiger partial charge in [-0.3, -0.25) is 28.3 Å². The Morgan fingerprint density at radius 1 is 0.615 bits per heavy atom. The third kappa shape index (κ3) is 15.9. The van der Waals surface area contributed by atoms with E-state index in [4.69, 9.17) is 55.9 Å². The zero-order valence-electron chi connectivity index (χ0n) is 38.5. The van der Waals surface area contributed by atoms with Gasteiger partial charge in [-0.25, -0.2) is 9.59 Å². The van der Waals surface area contributed by atoms with E-state index in [9.17, 15) is 19.2 Å². The monoisotopic (exact) mass is 1070 g/mol. The van der Waals surface area contributed by atoms with Crippen molar-refractivity contribution in [3.05, 3.63) is 122 Å². The van der Waals surface area contributed by atoms with Crippen molar-refractivity contribution in [3.63, 3.8) is 0 Å². The van der Waals surface area contributed by atoms with Gasteiger partial charge in [-0.1, -0.05) is 129 Å². The second-order valence-corrected chi connectivity index (χ2v) is 31.6. The van der Waals surface area contributed by atoms with E-state index in [1.807, 2.05) is 31.2 Å². The fourth-order valence-electron chi connectivity index (χ4n) is 6.19. The second-order valence-electron chi connectivity index (χ2n) is 18.0. The molecule has 2 aromatic carbocycles. The number of H-pyrrole nitrogens is 1. The normalized spacial score (nSPS) is 11.8. The number of rotatable bonds is 19. The Bertz CT molecular complexity index is 2720. The van der Waals surface area contributed by atoms with Crippen molar-refractivity contribution in [2.75, 3.05) is 18.5 Å². The van der Waals surface area contributed by atoms with Crippen molar-refractivity contribution in [2.24, 2.45) is 0 Å². The van der Waals surface area contributed by atoms with Crippen LogP contribution in [0.3, 0.4) is 0 Å². The summed E-state index contributed by atoms with van der Waals surface area (Å²) in [5, 5.41) is 2.67. The van der Waals surface area contributed by atoms with E-state index < -0.39 is 33.1 Å². The smallest absolute Gasteiger partial charge is 0.334 e. The van der Waals surface area contributed by atoms with E-state index in [0.29, 0.717) is 48.4 Å². The van der Waals surface area contributed by atoms with Crippen LogP contribution < -0.4 is 22.5 Å². The number of alkyl halides is 1. The number of imidazole rings is 2. The number of unbranched alkanes of at least 4 members (excludes halogenated alkanes) is 2.